The third-order valence-corrected chi connectivity index (χ3v) is 3.94. The third kappa shape index (κ3) is 3.24. The molecule has 5 heteroatoms. The summed E-state index contributed by atoms with van der Waals surface area (Å²) >= 11 is 5.31. The summed E-state index contributed by atoms with van der Waals surface area (Å²) in [5, 5.41) is 3.39. The fraction of sp³-hybridized carbons (Fsp3) is 0.111. The molecule has 0 aliphatic carbocycles. The molecule has 0 saturated carbocycles. The number of carbonyl (C=O) groups is 1. The Kier molecular flexibility index (Phi) is 4.39. The maximum Gasteiger partial charge on any atom is 0.277 e. The van der Waals surface area contributed by atoms with E-state index in [4.69, 9.17) is 16.6 Å². The van der Waals surface area contributed by atoms with Crippen molar-refractivity contribution >= 4 is 29.3 Å². The molecule has 2 heterocycles. The number of allylic oxidation sites excluding steroid dienone is 2. The first-order valence-electron chi connectivity index (χ1n) is 7.28. The highest BCUT2D eigenvalue weighted by atomic mass is 32.1. The van der Waals surface area contributed by atoms with Crippen LogP contribution in [0, 0.1) is 0 Å². The van der Waals surface area contributed by atoms with E-state index in [9.17, 15) is 4.79 Å². The van der Waals surface area contributed by atoms with E-state index in [1.807, 2.05) is 49.4 Å². The number of benzene rings is 1. The van der Waals surface area contributed by atoms with Crippen LogP contribution in [0.5, 0.6) is 0 Å². The Morgan fingerprint density at radius 3 is 2.70 bits per heavy atom. The zero-order chi connectivity index (χ0) is 16.2. The van der Waals surface area contributed by atoms with Crippen LogP contribution in [0.1, 0.15) is 24.3 Å². The molecule has 1 aromatic heterocycles. The first-order chi connectivity index (χ1) is 11.2. The summed E-state index contributed by atoms with van der Waals surface area (Å²) in [7, 11) is 0. The zero-order valence-electron chi connectivity index (χ0n) is 12.6. The fourth-order valence-electron chi connectivity index (χ4n) is 2.42. The lowest BCUT2D eigenvalue weighted by atomic mass is 10.1. The minimum Gasteiger partial charge on any atom is -0.465 e. The molecule has 0 spiro atoms. The van der Waals surface area contributed by atoms with Crippen molar-refractivity contribution in [3.63, 3.8) is 0 Å². The Hall–Kier alpha value is -2.66. The van der Waals surface area contributed by atoms with E-state index in [1.54, 1.807) is 29.4 Å². The minimum atomic E-state index is -0.129. The van der Waals surface area contributed by atoms with Gasteiger partial charge in [0.2, 0.25) is 0 Å². The molecule has 4 nitrogen and oxygen atoms in total. The summed E-state index contributed by atoms with van der Waals surface area (Å²) in [6, 6.07) is 13.3. The Balaban J connectivity index is 1.77. The molecule has 1 saturated heterocycles. The van der Waals surface area contributed by atoms with Crippen molar-refractivity contribution in [1.29, 1.82) is 0 Å². The Morgan fingerprint density at radius 1 is 1.22 bits per heavy atom. The van der Waals surface area contributed by atoms with Crippen molar-refractivity contribution in [2.75, 3.05) is 0 Å². The number of amides is 1. The van der Waals surface area contributed by atoms with Gasteiger partial charge in [-0.15, -0.1) is 0 Å². The van der Waals surface area contributed by atoms with Crippen LogP contribution in [0.25, 0.3) is 6.08 Å². The first kappa shape index (κ1) is 15.2. The predicted molar refractivity (Wildman–Crippen MR) is 93.3 cm³/mol. The van der Waals surface area contributed by atoms with E-state index in [0.29, 0.717) is 10.8 Å². The molecule has 1 N–H and O–H groups in total. The van der Waals surface area contributed by atoms with Crippen LogP contribution in [0.15, 0.2) is 71.0 Å². The second-order valence-electron chi connectivity index (χ2n) is 5.15. The van der Waals surface area contributed by atoms with Gasteiger partial charge in [-0.25, -0.2) is 0 Å². The van der Waals surface area contributed by atoms with E-state index in [2.05, 4.69) is 5.32 Å². The van der Waals surface area contributed by atoms with E-state index in [1.165, 1.54) is 0 Å². The quantitative estimate of drug-likeness (QED) is 0.689. The molecule has 3 rings (SSSR count). The van der Waals surface area contributed by atoms with E-state index >= 15 is 0 Å². The molecule has 1 unspecified atom stereocenters. The van der Waals surface area contributed by atoms with Crippen molar-refractivity contribution in [1.82, 2.24) is 10.2 Å². The van der Waals surface area contributed by atoms with Crippen LogP contribution in [0.3, 0.4) is 0 Å². The SMILES string of the molecule is CC(c1ccccc1)N1C(=O)/C(=C/C=C/c2ccco2)NC1=S. The minimum absolute atomic E-state index is 0.122. The van der Waals surface area contributed by atoms with Gasteiger partial charge in [0.15, 0.2) is 5.11 Å². The van der Waals surface area contributed by atoms with Gasteiger partial charge in [-0.1, -0.05) is 36.4 Å². The monoisotopic (exact) mass is 324 g/mol. The van der Waals surface area contributed by atoms with Gasteiger partial charge < -0.3 is 9.73 Å². The fourth-order valence-corrected chi connectivity index (χ4v) is 2.77. The van der Waals surface area contributed by atoms with Gasteiger partial charge in [-0.3, -0.25) is 9.69 Å². The maximum absolute atomic E-state index is 12.6. The molecule has 0 bridgehead atoms. The lowest BCUT2D eigenvalue weighted by molar-refractivity contribution is -0.123. The molecule has 1 aromatic carbocycles. The summed E-state index contributed by atoms with van der Waals surface area (Å²) in [6.07, 6.45) is 6.85. The van der Waals surface area contributed by atoms with Crippen molar-refractivity contribution < 1.29 is 9.21 Å². The van der Waals surface area contributed by atoms with Crippen LogP contribution in [0.2, 0.25) is 0 Å². The predicted octanol–water partition coefficient (Wildman–Crippen LogP) is 3.65. The first-order valence-corrected chi connectivity index (χ1v) is 7.69. The van der Waals surface area contributed by atoms with Gasteiger partial charge in [-0.05, 0) is 49.0 Å². The Labute approximate surface area is 140 Å². The van der Waals surface area contributed by atoms with Gasteiger partial charge in [0, 0.05) is 0 Å². The molecular weight excluding hydrogens is 308 g/mol. The summed E-state index contributed by atoms with van der Waals surface area (Å²) in [4.78, 5) is 14.2. The number of nitrogens with one attached hydrogen (secondary N) is 1. The second-order valence-corrected chi connectivity index (χ2v) is 5.53. The molecule has 2 aromatic rings. The van der Waals surface area contributed by atoms with Crippen LogP contribution >= 0.6 is 12.2 Å². The molecular formula is C18H16N2O2S. The summed E-state index contributed by atoms with van der Waals surface area (Å²) in [6.45, 7) is 1.96. The Bertz CT molecular complexity index is 764. The highest BCUT2D eigenvalue weighted by Gasteiger charge is 2.34. The highest BCUT2D eigenvalue weighted by Crippen LogP contribution is 2.25. The number of furan rings is 1. The molecule has 1 aliphatic rings. The van der Waals surface area contributed by atoms with Crippen molar-refractivity contribution in [2.45, 2.75) is 13.0 Å². The molecule has 1 amide bonds. The molecule has 116 valence electrons. The van der Waals surface area contributed by atoms with Gasteiger partial charge in [0.25, 0.3) is 5.91 Å². The number of nitrogens with zero attached hydrogens (tertiary/aromatic N) is 1. The number of thiocarbonyl (C=S) groups is 1. The Morgan fingerprint density at radius 2 is 2.00 bits per heavy atom. The topological polar surface area (TPSA) is 45.5 Å². The van der Waals surface area contributed by atoms with Crippen LogP contribution in [-0.2, 0) is 4.79 Å². The van der Waals surface area contributed by atoms with Crippen LogP contribution in [0.4, 0.5) is 0 Å². The van der Waals surface area contributed by atoms with Crippen LogP contribution in [-0.4, -0.2) is 15.9 Å². The average molecular weight is 324 g/mol. The van der Waals surface area contributed by atoms with Crippen molar-refractivity contribution in [2.24, 2.45) is 0 Å². The second kappa shape index (κ2) is 6.62. The van der Waals surface area contributed by atoms with E-state index in [-0.39, 0.29) is 11.9 Å². The van der Waals surface area contributed by atoms with Gasteiger partial charge in [0.05, 0.1) is 12.3 Å². The van der Waals surface area contributed by atoms with Crippen LogP contribution < -0.4 is 5.32 Å². The number of rotatable bonds is 4. The van der Waals surface area contributed by atoms with Crippen molar-refractivity contribution in [3.8, 4) is 0 Å². The molecule has 1 atom stereocenters. The normalized spacial score (nSPS) is 18.0. The van der Waals surface area contributed by atoms with E-state index < -0.39 is 0 Å². The number of carbonyl (C=O) groups excluding carboxylic acids is 1. The molecule has 1 fully saturated rings. The average Bonchev–Trinajstić information content (AvgIpc) is 3.17. The van der Waals surface area contributed by atoms with E-state index in [0.717, 1.165) is 11.3 Å². The summed E-state index contributed by atoms with van der Waals surface area (Å²) in [5.41, 5.74) is 1.50. The van der Waals surface area contributed by atoms with Crippen molar-refractivity contribution in [3.05, 3.63) is 77.9 Å². The number of hydrogen-bond acceptors (Lipinski definition) is 3. The molecule has 0 radical (unpaired) electrons. The third-order valence-electron chi connectivity index (χ3n) is 3.65. The summed E-state index contributed by atoms with van der Waals surface area (Å²) in [5.74, 6) is 0.597. The zero-order valence-corrected chi connectivity index (χ0v) is 13.4. The summed E-state index contributed by atoms with van der Waals surface area (Å²) < 4.78 is 5.21. The lowest BCUT2D eigenvalue weighted by Crippen LogP contribution is -2.33. The van der Waals surface area contributed by atoms with Gasteiger partial charge in [0.1, 0.15) is 11.5 Å². The number of hydrogen-bond donors (Lipinski definition) is 1. The highest BCUT2D eigenvalue weighted by molar-refractivity contribution is 7.80. The largest absolute Gasteiger partial charge is 0.465 e. The lowest BCUT2D eigenvalue weighted by Gasteiger charge is -2.23. The maximum atomic E-state index is 12.6. The van der Waals surface area contributed by atoms with Gasteiger partial charge >= 0.3 is 0 Å². The molecule has 1 aliphatic heterocycles. The standard InChI is InChI=1S/C18H16N2O2S/c1-13(14-7-3-2-4-8-14)20-17(21)16(19-18(20)23)11-5-9-15-10-6-12-22-15/h2-13H,1H3,(H,19,23)/b9-5+,16-11-. The smallest absolute Gasteiger partial charge is 0.277 e. The van der Waals surface area contributed by atoms with Gasteiger partial charge in [-0.2, -0.15) is 0 Å². The molecule has 23 heavy (non-hydrogen) atoms.